The summed E-state index contributed by atoms with van der Waals surface area (Å²) in [7, 11) is 0. The Hall–Kier alpha value is 0.500. The van der Waals surface area contributed by atoms with E-state index in [1.807, 2.05) is 0 Å². The van der Waals surface area contributed by atoms with E-state index in [0.717, 1.165) is 0 Å². The fraction of sp³-hybridized carbons (Fsp3) is 1.00. The molecule has 0 bridgehead atoms. The van der Waals surface area contributed by atoms with Crippen LogP contribution in [0.25, 0.3) is 0 Å². The number of halogens is 2. The molecule has 4 atom stereocenters. The summed E-state index contributed by atoms with van der Waals surface area (Å²) < 4.78 is -0.668. The molecule has 2 N–H and O–H groups in total. The molecule has 2 aliphatic rings. The van der Waals surface area contributed by atoms with Gasteiger partial charge in [-0.3, -0.25) is 0 Å². The minimum absolute atomic E-state index is 0.198. The summed E-state index contributed by atoms with van der Waals surface area (Å²) in [6.45, 7) is 0. The molecule has 4 unspecified atom stereocenters. The van der Waals surface area contributed by atoms with Gasteiger partial charge in [0.05, 0.1) is 12.2 Å². The second-order valence-electron chi connectivity index (χ2n) is 3.49. The minimum atomic E-state index is -0.668. The topological polar surface area (TPSA) is 40.5 Å². The largest absolute Gasteiger partial charge is 0.390 e. The van der Waals surface area contributed by atoms with E-state index in [4.69, 9.17) is 23.2 Å². The molecule has 64 valence electrons. The Bertz CT molecular complexity index is 165. The van der Waals surface area contributed by atoms with Crippen molar-refractivity contribution in [3.05, 3.63) is 0 Å². The van der Waals surface area contributed by atoms with Crippen LogP contribution in [0.5, 0.6) is 0 Å². The monoisotopic (exact) mass is 196 g/mol. The molecule has 2 aliphatic carbocycles. The molecular weight excluding hydrogens is 187 g/mol. The second kappa shape index (κ2) is 2.25. The summed E-state index contributed by atoms with van der Waals surface area (Å²) in [6, 6.07) is 0. The van der Waals surface area contributed by atoms with Gasteiger partial charge in [0.2, 0.25) is 0 Å². The van der Waals surface area contributed by atoms with Crippen LogP contribution in [-0.4, -0.2) is 26.8 Å². The molecule has 2 nitrogen and oxygen atoms in total. The fourth-order valence-electron chi connectivity index (χ4n) is 1.94. The minimum Gasteiger partial charge on any atom is -0.390 e. The first-order chi connectivity index (χ1) is 5.03. The lowest BCUT2D eigenvalue weighted by atomic mass is 9.95. The highest BCUT2D eigenvalue weighted by Gasteiger charge is 2.65. The van der Waals surface area contributed by atoms with Crippen molar-refractivity contribution < 1.29 is 10.2 Å². The predicted octanol–water partition coefficient (Wildman–Crippen LogP) is 0.922. The molecule has 0 radical (unpaired) electrons. The van der Waals surface area contributed by atoms with Crippen molar-refractivity contribution in [2.75, 3.05) is 0 Å². The quantitative estimate of drug-likeness (QED) is 0.567. The lowest BCUT2D eigenvalue weighted by Crippen LogP contribution is -2.30. The first kappa shape index (κ1) is 8.11. The van der Waals surface area contributed by atoms with Crippen molar-refractivity contribution >= 4 is 23.2 Å². The molecule has 0 aromatic heterocycles. The highest BCUT2D eigenvalue weighted by molar-refractivity contribution is 6.51. The SMILES string of the molecule is OC1CC2C(CC1O)C2(Cl)Cl. The van der Waals surface area contributed by atoms with E-state index in [1.165, 1.54) is 0 Å². The van der Waals surface area contributed by atoms with Crippen LogP contribution < -0.4 is 0 Å². The van der Waals surface area contributed by atoms with Crippen LogP contribution in [-0.2, 0) is 0 Å². The zero-order chi connectivity index (χ0) is 8.22. The third kappa shape index (κ3) is 1.08. The Morgan fingerprint density at radius 3 is 1.73 bits per heavy atom. The van der Waals surface area contributed by atoms with Crippen LogP contribution in [0.15, 0.2) is 0 Å². The van der Waals surface area contributed by atoms with E-state index >= 15 is 0 Å². The van der Waals surface area contributed by atoms with Gasteiger partial charge in [0, 0.05) is 11.8 Å². The summed E-state index contributed by atoms with van der Waals surface area (Å²) in [5.41, 5.74) is 0. The molecule has 0 heterocycles. The molecule has 0 aromatic carbocycles. The standard InChI is InChI=1S/C7H10Cl2O2/c8-7(9)3-1-5(10)6(11)2-4(3)7/h3-6,10-11H,1-2H2. The smallest absolute Gasteiger partial charge is 0.124 e. The summed E-state index contributed by atoms with van der Waals surface area (Å²) >= 11 is 11.8. The predicted molar refractivity (Wildman–Crippen MR) is 42.7 cm³/mol. The van der Waals surface area contributed by atoms with Crippen LogP contribution in [0, 0.1) is 11.8 Å². The lowest BCUT2D eigenvalue weighted by Gasteiger charge is -2.21. The molecule has 0 saturated heterocycles. The van der Waals surface area contributed by atoms with E-state index in [9.17, 15) is 10.2 Å². The number of rotatable bonds is 0. The molecule has 0 spiro atoms. The number of hydrogen-bond acceptors (Lipinski definition) is 2. The van der Waals surface area contributed by atoms with E-state index in [-0.39, 0.29) is 11.8 Å². The summed E-state index contributed by atoms with van der Waals surface area (Å²) in [5.74, 6) is 0.397. The highest BCUT2D eigenvalue weighted by atomic mass is 35.5. The van der Waals surface area contributed by atoms with Crippen LogP contribution in [0.2, 0.25) is 0 Å². The van der Waals surface area contributed by atoms with Crippen molar-refractivity contribution in [2.24, 2.45) is 11.8 Å². The number of aliphatic hydroxyl groups is 2. The molecule has 11 heavy (non-hydrogen) atoms. The van der Waals surface area contributed by atoms with Gasteiger partial charge in [0.15, 0.2) is 0 Å². The highest BCUT2D eigenvalue weighted by Crippen LogP contribution is 2.65. The van der Waals surface area contributed by atoms with Crippen LogP contribution in [0.4, 0.5) is 0 Å². The molecule has 2 saturated carbocycles. The normalized spacial score (nSPS) is 53.5. The summed E-state index contributed by atoms with van der Waals surface area (Å²) in [6.07, 6.45) is -0.177. The van der Waals surface area contributed by atoms with Crippen LogP contribution in [0.1, 0.15) is 12.8 Å². The van der Waals surface area contributed by atoms with Gasteiger partial charge in [-0.2, -0.15) is 0 Å². The van der Waals surface area contributed by atoms with Crippen molar-refractivity contribution in [1.29, 1.82) is 0 Å². The Balaban J connectivity index is 2.07. The Morgan fingerprint density at radius 2 is 1.36 bits per heavy atom. The molecule has 0 aliphatic heterocycles. The van der Waals surface area contributed by atoms with Crippen molar-refractivity contribution in [2.45, 2.75) is 29.4 Å². The van der Waals surface area contributed by atoms with Gasteiger partial charge in [0.25, 0.3) is 0 Å². The van der Waals surface area contributed by atoms with E-state index < -0.39 is 16.5 Å². The van der Waals surface area contributed by atoms with Crippen molar-refractivity contribution in [1.82, 2.24) is 0 Å². The average molecular weight is 197 g/mol. The van der Waals surface area contributed by atoms with Gasteiger partial charge in [0.1, 0.15) is 4.33 Å². The van der Waals surface area contributed by atoms with Gasteiger partial charge >= 0.3 is 0 Å². The number of aliphatic hydroxyl groups excluding tert-OH is 2. The van der Waals surface area contributed by atoms with Crippen LogP contribution >= 0.6 is 23.2 Å². The Morgan fingerprint density at radius 1 is 1.00 bits per heavy atom. The number of fused-ring (bicyclic) bond motifs is 1. The van der Waals surface area contributed by atoms with E-state index in [2.05, 4.69) is 0 Å². The first-order valence-corrected chi connectivity index (χ1v) is 4.53. The molecule has 0 aromatic rings. The van der Waals surface area contributed by atoms with Gasteiger partial charge < -0.3 is 10.2 Å². The van der Waals surface area contributed by atoms with E-state index in [0.29, 0.717) is 12.8 Å². The third-order valence-corrected chi connectivity index (χ3v) is 3.92. The van der Waals surface area contributed by atoms with Gasteiger partial charge in [-0.1, -0.05) is 0 Å². The maximum atomic E-state index is 9.24. The first-order valence-electron chi connectivity index (χ1n) is 3.77. The molecular formula is C7H10Cl2O2. The van der Waals surface area contributed by atoms with Gasteiger partial charge in [-0.05, 0) is 12.8 Å². The Kier molecular flexibility index (Phi) is 1.66. The zero-order valence-corrected chi connectivity index (χ0v) is 7.39. The second-order valence-corrected chi connectivity index (χ2v) is 4.94. The maximum absolute atomic E-state index is 9.24. The Labute approximate surface area is 75.1 Å². The van der Waals surface area contributed by atoms with Gasteiger partial charge in [-0.25, -0.2) is 0 Å². The van der Waals surface area contributed by atoms with Crippen LogP contribution in [0.3, 0.4) is 0 Å². The summed E-state index contributed by atoms with van der Waals surface area (Å²) in [4.78, 5) is 0. The average Bonchev–Trinajstić information content (AvgIpc) is 2.39. The van der Waals surface area contributed by atoms with E-state index in [1.54, 1.807) is 0 Å². The van der Waals surface area contributed by atoms with Crippen molar-refractivity contribution in [3.8, 4) is 0 Å². The number of alkyl halides is 2. The fourth-order valence-corrected chi connectivity index (χ4v) is 2.78. The van der Waals surface area contributed by atoms with Crippen molar-refractivity contribution in [3.63, 3.8) is 0 Å². The zero-order valence-electron chi connectivity index (χ0n) is 5.87. The molecule has 0 amide bonds. The van der Waals surface area contributed by atoms with Gasteiger partial charge in [-0.15, -0.1) is 23.2 Å². The third-order valence-electron chi connectivity index (χ3n) is 2.80. The molecule has 2 fully saturated rings. The molecule has 4 heteroatoms. The maximum Gasteiger partial charge on any atom is 0.124 e. The lowest BCUT2D eigenvalue weighted by molar-refractivity contribution is -0.0119. The number of hydrogen-bond donors (Lipinski definition) is 2. The molecule has 2 rings (SSSR count). The summed E-state index contributed by atoms with van der Waals surface area (Å²) in [5, 5.41) is 18.5.